The fourth-order valence-electron chi connectivity index (χ4n) is 2.86. The van der Waals surface area contributed by atoms with Crippen molar-refractivity contribution < 1.29 is 22.4 Å². The fourth-order valence-corrected chi connectivity index (χ4v) is 2.86. The fraction of sp³-hybridized carbons (Fsp3) is 0.316. The number of carbonyl (C=O) groups is 1. The lowest BCUT2D eigenvalue weighted by atomic mass is 10.1. The average Bonchev–Trinajstić information content (AvgIpc) is 3.38. The molecule has 1 aliphatic carbocycles. The quantitative estimate of drug-likeness (QED) is 0.767. The predicted molar refractivity (Wildman–Crippen MR) is 89.9 cm³/mol. The highest BCUT2D eigenvalue weighted by Gasteiger charge is 2.35. The molecule has 1 aliphatic rings. The van der Waals surface area contributed by atoms with Crippen LogP contribution in [-0.4, -0.2) is 23.4 Å². The Morgan fingerprint density at radius 2 is 1.85 bits per heavy atom. The van der Waals surface area contributed by atoms with Crippen LogP contribution in [0.5, 0.6) is 0 Å². The Balaban J connectivity index is 1.70. The van der Waals surface area contributed by atoms with Gasteiger partial charge in [-0.3, -0.25) is 9.69 Å². The van der Waals surface area contributed by atoms with Crippen molar-refractivity contribution in [2.24, 2.45) is 0 Å². The van der Waals surface area contributed by atoms with Gasteiger partial charge in [0.05, 0.1) is 12.1 Å². The van der Waals surface area contributed by atoms with Crippen LogP contribution in [-0.2, 0) is 17.5 Å². The van der Waals surface area contributed by atoms with Gasteiger partial charge in [-0.15, -0.1) is 0 Å². The summed E-state index contributed by atoms with van der Waals surface area (Å²) < 4.78 is 52.7. The molecule has 0 spiro atoms. The molecule has 0 atom stereocenters. The molecule has 1 fully saturated rings. The molecule has 0 unspecified atom stereocenters. The molecule has 2 aromatic carbocycles. The first-order valence-corrected chi connectivity index (χ1v) is 8.27. The highest BCUT2D eigenvalue weighted by atomic mass is 19.4. The zero-order valence-corrected chi connectivity index (χ0v) is 13.9. The van der Waals surface area contributed by atoms with Crippen molar-refractivity contribution in [3.63, 3.8) is 0 Å². The van der Waals surface area contributed by atoms with Crippen LogP contribution in [0.2, 0.25) is 0 Å². The number of hydrogen-bond acceptors (Lipinski definition) is 2. The third kappa shape index (κ3) is 4.82. The maximum atomic E-state index is 13.2. The van der Waals surface area contributed by atoms with Crippen LogP contribution in [0.15, 0.2) is 48.5 Å². The van der Waals surface area contributed by atoms with E-state index in [1.54, 1.807) is 17.0 Å². The first-order chi connectivity index (χ1) is 12.3. The normalized spacial score (nSPS) is 14.5. The van der Waals surface area contributed by atoms with Gasteiger partial charge >= 0.3 is 6.18 Å². The lowest BCUT2D eigenvalue weighted by Crippen LogP contribution is -2.35. The van der Waals surface area contributed by atoms with E-state index in [9.17, 15) is 22.4 Å². The number of rotatable bonds is 6. The summed E-state index contributed by atoms with van der Waals surface area (Å²) in [6, 6.07) is 11.0. The predicted octanol–water partition coefficient (Wildman–Crippen LogP) is 4.45. The number of hydrogen-bond donors (Lipinski definition) is 1. The third-order valence-corrected chi connectivity index (χ3v) is 4.21. The van der Waals surface area contributed by atoms with E-state index in [2.05, 4.69) is 5.32 Å². The molecule has 7 heteroatoms. The molecule has 0 aliphatic heterocycles. The van der Waals surface area contributed by atoms with Crippen LogP contribution >= 0.6 is 0 Å². The first-order valence-electron chi connectivity index (χ1n) is 8.27. The van der Waals surface area contributed by atoms with E-state index in [0.717, 1.165) is 18.9 Å². The number of carbonyl (C=O) groups excluding carboxylic acids is 1. The second-order valence-corrected chi connectivity index (χ2v) is 6.35. The number of halogens is 4. The maximum absolute atomic E-state index is 13.2. The largest absolute Gasteiger partial charge is 0.416 e. The van der Waals surface area contributed by atoms with Crippen LogP contribution in [0.1, 0.15) is 24.0 Å². The summed E-state index contributed by atoms with van der Waals surface area (Å²) in [4.78, 5) is 14.0. The van der Waals surface area contributed by atoms with Gasteiger partial charge in [-0.25, -0.2) is 4.39 Å². The van der Waals surface area contributed by atoms with E-state index < -0.39 is 17.6 Å². The number of benzene rings is 2. The van der Waals surface area contributed by atoms with E-state index >= 15 is 0 Å². The van der Waals surface area contributed by atoms with Crippen LogP contribution in [0.25, 0.3) is 0 Å². The van der Waals surface area contributed by atoms with Crippen molar-refractivity contribution in [1.82, 2.24) is 4.90 Å². The lowest BCUT2D eigenvalue weighted by Gasteiger charge is -2.23. The monoisotopic (exact) mass is 366 g/mol. The molecule has 3 nitrogen and oxygen atoms in total. The summed E-state index contributed by atoms with van der Waals surface area (Å²) in [5.41, 5.74) is -0.219. The summed E-state index contributed by atoms with van der Waals surface area (Å²) in [6.07, 6.45) is -2.74. The summed E-state index contributed by atoms with van der Waals surface area (Å²) >= 11 is 0. The number of anilines is 1. The topological polar surface area (TPSA) is 32.3 Å². The molecular weight excluding hydrogens is 348 g/mol. The molecule has 26 heavy (non-hydrogen) atoms. The SMILES string of the molecule is O=C(CN(Cc1ccccc1C(F)(F)F)C1CC1)Nc1cccc(F)c1. The van der Waals surface area contributed by atoms with Crippen molar-refractivity contribution in [3.8, 4) is 0 Å². The number of alkyl halides is 3. The summed E-state index contributed by atoms with van der Waals surface area (Å²) in [5, 5.41) is 2.58. The molecule has 0 saturated heterocycles. The second kappa shape index (κ2) is 7.45. The standard InChI is InChI=1S/C19H18F4N2O/c20-14-5-3-6-15(10-14)24-18(26)12-25(16-8-9-16)11-13-4-1-2-7-17(13)19(21,22)23/h1-7,10,16H,8-9,11-12H2,(H,24,26). The number of nitrogens with zero attached hydrogens (tertiary/aromatic N) is 1. The molecule has 2 aromatic rings. The molecular formula is C19H18F4N2O. The van der Waals surface area contributed by atoms with Gasteiger partial charge in [-0.05, 0) is 42.7 Å². The molecule has 138 valence electrons. The molecule has 1 saturated carbocycles. The van der Waals surface area contributed by atoms with Gasteiger partial charge in [-0.1, -0.05) is 24.3 Å². The Bertz CT molecular complexity index is 787. The van der Waals surface area contributed by atoms with Crippen molar-refractivity contribution >= 4 is 11.6 Å². The molecule has 1 N–H and O–H groups in total. The highest BCUT2D eigenvalue weighted by molar-refractivity contribution is 5.92. The molecule has 0 aromatic heterocycles. The summed E-state index contributed by atoms with van der Waals surface area (Å²) in [7, 11) is 0. The Morgan fingerprint density at radius 1 is 1.12 bits per heavy atom. The Hall–Kier alpha value is -2.41. The minimum atomic E-state index is -4.43. The first kappa shape index (κ1) is 18.4. The smallest absolute Gasteiger partial charge is 0.325 e. The molecule has 3 rings (SSSR count). The Morgan fingerprint density at radius 3 is 2.50 bits per heavy atom. The lowest BCUT2D eigenvalue weighted by molar-refractivity contribution is -0.138. The second-order valence-electron chi connectivity index (χ2n) is 6.35. The minimum absolute atomic E-state index is 0.0386. The zero-order chi connectivity index (χ0) is 18.7. The van der Waals surface area contributed by atoms with Crippen LogP contribution in [0.4, 0.5) is 23.2 Å². The molecule has 1 amide bonds. The number of nitrogens with one attached hydrogen (secondary N) is 1. The zero-order valence-electron chi connectivity index (χ0n) is 13.9. The summed E-state index contributed by atoms with van der Waals surface area (Å²) in [6.45, 7) is -0.00963. The van der Waals surface area contributed by atoms with Crippen molar-refractivity contribution in [2.75, 3.05) is 11.9 Å². The molecule has 0 radical (unpaired) electrons. The van der Waals surface area contributed by atoms with E-state index in [1.165, 1.54) is 30.3 Å². The minimum Gasteiger partial charge on any atom is -0.325 e. The van der Waals surface area contributed by atoms with Crippen LogP contribution in [0.3, 0.4) is 0 Å². The summed E-state index contributed by atoms with van der Waals surface area (Å²) in [5.74, 6) is -0.854. The van der Waals surface area contributed by atoms with Gasteiger partial charge < -0.3 is 5.32 Å². The Labute approximate surface area is 148 Å². The highest BCUT2D eigenvalue weighted by Crippen LogP contribution is 2.34. The maximum Gasteiger partial charge on any atom is 0.416 e. The van der Waals surface area contributed by atoms with Crippen molar-refractivity contribution in [1.29, 1.82) is 0 Å². The van der Waals surface area contributed by atoms with Crippen molar-refractivity contribution in [3.05, 3.63) is 65.5 Å². The van der Waals surface area contributed by atoms with Gasteiger partial charge in [0.1, 0.15) is 5.82 Å². The average molecular weight is 366 g/mol. The van der Waals surface area contributed by atoms with Gasteiger partial charge in [-0.2, -0.15) is 13.2 Å². The van der Waals surface area contributed by atoms with E-state index in [4.69, 9.17) is 0 Å². The number of amides is 1. The van der Waals surface area contributed by atoms with Gasteiger partial charge in [0, 0.05) is 18.3 Å². The van der Waals surface area contributed by atoms with E-state index in [-0.39, 0.29) is 30.6 Å². The van der Waals surface area contributed by atoms with Crippen LogP contribution in [0, 0.1) is 5.82 Å². The van der Waals surface area contributed by atoms with Crippen molar-refractivity contribution in [2.45, 2.75) is 31.6 Å². The van der Waals surface area contributed by atoms with Gasteiger partial charge in [0.25, 0.3) is 0 Å². The van der Waals surface area contributed by atoms with Gasteiger partial charge in [0.15, 0.2) is 0 Å². The third-order valence-electron chi connectivity index (χ3n) is 4.21. The van der Waals surface area contributed by atoms with E-state index in [0.29, 0.717) is 5.69 Å². The molecule has 0 heterocycles. The van der Waals surface area contributed by atoms with Crippen LogP contribution < -0.4 is 5.32 Å². The van der Waals surface area contributed by atoms with E-state index in [1.807, 2.05) is 0 Å². The molecule has 0 bridgehead atoms. The van der Waals surface area contributed by atoms with Gasteiger partial charge in [0.2, 0.25) is 5.91 Å². The Kier molecular flexibility index (Phi) is 5.27.